The van der Waals surface area contributed by atoms with Crippen molar-refractivity contribution in [3.63, 3.8) is 0 Å². The SMILES string of the molecule is CC.CCN(C(C)=O)C(C)C#N. The van der Waals surface area contributed by atoms with Crippen LogP contribution in [0.4, 0.5) is 0 Å². The van der Waals surface area contributed by atoms with E-state index in [1.807, 2.05) is 26.8 Å². The second-order valence-electron chi connectivity index (χ2n) is 2.11. The molecule has 1 amide bonds. The fraction of sp³-hybridized carbons (Fsp3) is 0.778. The van der Waals surface area contributed by atoms with Crippen LogP contribution in [0.15, 0.2) is 0 Å². The second kappa shape index (κ2) is 8.06. The average molecular weight is 170 g/mol. The molecule has 1 atom stereocenters. The average Bonchev–Trinajstić information content (AvgIpc) is 2.08. The molecule has 70 valence electrons. The predicted octanol–water partition coefficient (Wildman–Crippen LogP) is 1.79. The minimum atomic E-state index is -0.303. The summed E-state index contributed by atoms with van der Waals surface area (Å²) >= 11 is 0. The lowest BCUT2D eigenvalue weighted by Gasteiger charge is -2.20. The van der Waals surface area contributed by atoms with Crippen molar-refractivity contribution in [2.75, 3.05) is 6.54 Å². The van der Waals surface area contributed by atoms with E-state index in [1.54, 1.807) is 6.92 Å². The molecule has 0 aromatic rings. The Balaban J connectivity index is 0. The third kappa shape index (κ3) is 4.73. The molecule has 0 bridgehead atoms. The Morgan fingerprint density at radius 3 is 2.08 bits per heavy atom. The molecule has 12 heavy (non-hydrogen) atoms. The van der Waals surface area contributed by atoms with Crippen molar-refractivity contribution in [3.8, 4) is 6.07 Å². The van der Waals surface area contributed by atoms with Crippen LogP contribution in [0.5, 0.6) is 0 Å². The molecule has 0 N–H and O–H groups in total. The Morgan fingerprint density at radius 2 is 2.00 bits per heavy atom. The van der Waals surface area contributed by atoms with Crippen LogP contribution in [0, 0.1) is 11.3 Å². The fourth-order valence-corrected chi connectivity index (χ4v) is 0.839. The van der Waals surface area contributed by atoms with Crippen LogP contribution in [-0.4, -0.2) is 23.4 Å². The summed E-state index contributed by atoms with van der Waals surface area (Å²) < 4.78 is 0. The summed E-state index contributed by atoms with van der Waals surface area (Å²) in [5.74, 6) is -0.0449. The van der Waals surface area contributed by atoms with Crippen molar-refractivity contribution >= 4 is 5.91 Å². The van der Waals surface area contributed by atoms with Crippen LogP contribution in [-0.2, 0) is 4.79 Å². The highest BCUT2D eigenvalue weighted by molar-refractivity contribution is 5.73. The fourth-order valence-electron chi connectivity index (χ4n) is 0.839. The summed E-state index contributed by atoms with van der Waals surface area (Å²) in [5.41, 5.74) is 0. The summed E-state index contributed by atoms with van der Waals surface area (Å²) in [6.45, 7) is 9.64. The number of amides is 1. The first-order valence-corrected chi connectivity index (χ1v) is 4.30. The predicted molar refractivity (Wildman–Crippen MR) is 49.5 cm³/mol. The van der Waals surface area contributed by atoms with Crippen molar-refractivity contribution in [1.29, 1.82) is 5.26 Å². The Morgan fingerprint density at radius 1 is 1.58 bits per heavy atom. The molecule has 0 aliphatic carbocycles. The molecule has 0 aliphatic heterocycles. The van der Waals surface area contributed by atoms with Gasteiger partial charge in [0.15, 0.2) is 0 Å². The van der Waals surface area contributed by atoms with E-state index < -0.39 is 0 Å². The molecule has 0 saturated heterocycles. The minimum absolute atomic E-state index is 0.0449. The van der Waals surface area contributed by atoms with Gasteiger partial charge in [-0.2, -0.15) is 5.26 Å². The topological polar surface area (TPSA) is 44.1 Å². The zero-order valence-electron chi connectivity index (χ0n) is 8.59. The standard InChI is InChI=1S/C7H12N2O.C2H6/c1-4-9(7(3)10)6(2)5-8;1-2/h6H,4H2,1-3H3;1-2H3. The molecular weight excluding hydrogens is 152 g/mol. The zero-order chi connectivity index (χ0) is 10.1. The molecule has 0 aromatic carbocycles. The van der Waals surface area contributed by atoms with Crippen LogP contribution in [0.25, 0.3) is 0 Å². The van der Waals surface area contributed by atoms with Gasteiger partial charge in [-0.25, -0.2) is 0 Å². The van der Waals surface area contributed by atoms with Gasteiger partial charge in [0.1, 0.15) is 6.04 Å². The molecule has 0 spiro atoms. The third-order valence-corrected chi connectivity index (χ3v) is 1.40. The number of hydrogen-bond acceptors (Lipinski definition) is 2. The van der Waals surface area contributed by atoms with E-state index in [9.17, 15) is 4.79 Å². The molecule has 3 heteroatoms. The first kappa shape index (κ1) is 13.5. The molecular formula is C9H18N2O. The molecule has 0 rings (SSSR count). The Hall–Kier alpha value is -1.04. The monoisotopic (exact) mass is 170 g/mol. The van der Waals surface area contributed by atoms with E-state index in [0.29, 0.717) is 6.54 Å². The molecule has 0 aliphatic rings. The molecule has 0 radical (unpaired) electrons. The number of carbonyl (C=O) groups is 1. The highest BCUT2D eigenvalue weighted by atomic mass is 16.2. The van der Waals surface area contributed by atoms with E-state index in [1.165, 1.54) is 11.8 Å². The summed E-state index contributed by atoms with van der Waals surface area (Å²) in [6.07, 6.45) is 0. The molecule has 0 saturated carbocycles. The van der Waals surface area contributed by atoms with Gasteiger partial charge in [-0.05, 0) is 13.8 Å². The van der Waals surface area contributed by atoms with Gasteiger partial charge in [-0.1, -0.05) is 13.8 Å². The maximum absolute atomic E-state index is 10.8. The number of nitrogens with zero attached hydrogens (tertiary/aromatic N) is 2. The Kier molecular flexibility index (Phi) is 9.10. The number of rotatable bonds is 2. The largest absolute Gasteiger partial charge is 0.327 e. The van der Waals surface area contributed by atoms with Crippen molar-refractivity contribution in [2.24, 2.45) is 0 Å². The van der Waals surface area contributed by atoms with Crippen LogP contribution in [0.1, 0.15) is 34.6 Å². The molecule has 1 unspecified atom stereocenters. The number of nitriles is 1. The van der Waals surface area contributed by atoms with Crippen LogP contribution in [0.2, 0.25) is 0 Å². The van der Waals surface area contributed by atoms with Crippen LogP contribution < -0.4 is 0 Å². The first-order chi connectivity index (χ1) is 5.63. The first-order valence-electron chi connectivity index (χ1n) is 4.30. The highest BCUT2D eigenvalue weighted by Crippen LogP contribution is 1.96. The van der Waals surface area contributed by atoms with Crippen molar-refractivity contribution in [1.82, 2.24) is 4.90 Å². The second-order valence-corrected chi connectivity index (χ2v) is 2.11. The van der Waals surface area contributed by atoms with Crippen LogP contribution >= 0.6 is 0 Å². The van der Waals surface area contributed by atoms with Crippen molar-refractivity contribution in [2.45, 2.75) is 40.7 Å². The van der Waals surface area contributed by atoms with E-state index in [4.69, 9.17) is 5.26 Å². The van der Waals surface area contributed by atoms with Gasteiger partial charge in [0, 0.05) is 13.5 Å². The van der Waals surface area contributed by atoms with E-state index >= 15 is 0 Å². The summed E-state index contributed by atoms with van der Waals surface area (Å²) in [4.78, 5) is 12.3. The van der Waals surface area contributed by atoms with Gasteiger partial charge in [0.25, 0.3) is 0 Å². The van der Waals surface area contributed by atoms with Gasteiger partial charge in [-0.3, -0.25) is 4.79 Å². The van der Waals surface area contributed by atoms with Gasteiger partial charge in [0.05, 0.1) is 6.07 Å². The normalized spacial score (nSPS) is 10.3. The lowest BCUT2D eigenvalue weighted by molar-refractivity contribution is -0.129. The third-order valence-electron chi connectivity index (χ3n) is 1.40. The molecule has 0 aromatic heterocycles. The lowest BCUT2D eigenvalue weighted by Crippen LogP contribution is -2.35. The molecule has 0 fully saturated rings. The van der Waals surface area contributed by atoms with Gasteiger partial charge < -0.3 is 4.90 Å². The molecule has 3 nitrogen and oxygen atoms in total. The van der Waals surface area contributed by atoms with Gasteiger partial charge in [0.2, 0.25) is 5.91 Å². The number of carbonyl (C=O) groups excluding carboxylic acids is 1. The quantitative estimate of drug-likeness (QED) is 0.634. The highest BCUT2D eigenvalue weighted by Gasteiger charge is 2.12. The van der Waals surface area contributed by atoms with E-state index in [2.05, 4.69) is 0 Å². The molecule has 0 heterocycles. The van der Waals surface area contributed by atoms with Crippen molar-refractivity contribution < 1.29 is 4.79 Å². The minimum Gasteiger partial charge on any atom is -0.327 e. The lowest BCUT2D eigenvalue weighted by atomic mass is 10.3. The Bertz CT molecular complexity index is 160. The Labute approximate surface area is 75.0 Å². The maximum atomic E-state index is 10.8. The zero-order valence-corrected chi connectivity index (χ0v) is 8.59. The maximum Gasteiger partial charge on any atom is 0.220 e. The van der Waals surface area contributed by atoms with Gasteiger partial charge in [-0.15, -0.1) is 0 Å². The van der Waals surface area contributed by atoms with Crippen LogP contribution in [0.3, 0.4) is 0 Å². The number of hydrogen-bond donors (Lipinski definition) is 0. The van der Waals surface area contributed by atoms with Gasteiger partial charge >= 0.3 is 0 Å². The summed E-state index contributed by atoms with van der Waals surface area (Å²) in [7, 11) is 0. The summed E-state index contributed by atoms with van der Waals surface area (Å²) in [6, 6.07) is 1.70. The smallest absolute Gasteiger partial charge is 0.220 e. The van der Waals surface area contributed by atoms with Crippen molar-refractivity contribution in [3.05, 3.63) is 0 Å². The van der Waals surface area contributed by atoms with E-state index in [0.717, 1.165) is 0 Å². The summed E-state index contributed by atoms with van der Waals surface area (Å²) in [5, 5.41) is 8.44. The van der Waals surface area contributed by atoms with E-state index in [-0.39, 0.29) is 11.9 Å².